The zero-order chi connectivity index (χ0) is 24.2. The number of carbonyl (C=O) groups excluding carboxylic acids is 2. The first-order valence-electron chi connectivity index (χ1n) is 10.1. The maximum atomic E-state index is 13.1. The lowest BCUT2D eigenvalue weighted by atomic mass is 10.1. The van der Waals surface area contributed by atoms with E-state index in [4.69, 9.17) is 9.47 Å². The molecule has 5 nitrogen and oxygen atoms in total. The standard InChI is InChI=1S/C25H18Br2FNO4S/c1-32-21-11-17(10-20(27)23(21)33-14-16-2-6-18(26)7-3-16)12-22-24(30)29(25(31)34-22)13-15-4-8-19(28)9-5-15/h2-12H,13-14H2,1H3/b22-12+. The summed E-state index contributed by atoms with van der Waals surface area (Å²) < 4.78 is 26.3. The molecule has 9 heteroatoms. The maximum Gasteiger partial charge on any atom is 0.293 e. The normalized spacial score (nSPS) is 14.7. The molecule has 0 N–H and O–H groups in total. The van der Waals surface area contributed by atoms with E-state index < -0.39 is 5.91 Å². The molecule has 4 rings (SSSR count). The Morgan fingerprint density at radius 3 is 2.35 bits per heavy atom. The Morgan fingerprint density at radius 1 is 1.00 bits per heavy atom. The van der Waals surface area contributed by atoms with Gasteiger partial charge in [0.25, 0.3) is 11.1 Å². The first kappa shape index (κ1) is 24.5. The van der Waals surface area contributed by atoms with Crippen LogP contribution >= 0.6 is 43.6 Å². The summed E-state index contributed by atoms with van der Waals surface area (Å²) >= 11 is 7.80. The van der Waals surface area contributed by atoms with Crippen LogP contribution in [0.3, 0.4) is 0 Å². The molecule has 0 spiro atoms. The Bertz CT molecular complexity index is 1260. The fraction of sp³-hybridized carbons (Fsp3) is 0.120. The van der Waals surface area contributed by atoms with E-state index in [1.54, 1.807) is 30.3 Å². The number of carbonyl (C=O) groups is 2. The Balaban J connectivity index is 1.52. The van der Waals surface area contributed by atoms with E-state index in [0.29, 0.717) is 38.6 Å². The van der Waals surface area contributed by atoms with Crippen molar-refractivity contribution >= 4 is 60.8 Å². The van der Waals surface area contributed by atoms with Crippen LogP contribution in [-0.4, -0.2) is 23.2 Å². The number of hydrogen-bond acceptors (Lipinski definition) is 5. The van der Waals surface area contributed by atoms with Crippen molar-refractivity contribution in [3.8, 4) is 11.5 Å². The molecule has 1 saturated heterocycles. The second-order valence-electron chi connectivity index (χ2n) is 7.34. The van der Waals surface area contributed by atoms with Crippen LogP contribution in [0.4, 0.5) is 9.18 Å². The molecule has 0 radical (unpaired) electrons. The monoisotopic (exact) mass is 605 g/mol. The number of halogens is 3. The van der Waals surface area contributed by atoms with Crippen LogP contribution in [0, 0.1) is 5.82 Å². The third kappa shape index (κ3) is 5.71. The number of benzene rings is 3. The summed E-state index contributed by atoms with van der Waals surface area (Å²) in [6, 6.07) is 17.1. The summed E-state index contributed by atoms with van der Waals surface area (Å²) in [5, 5.41) is -0.374. The van der Waals surface area contributed by atoms with Gasteiger partial charge in [-0.3, -0.25) is 14.5 Å². The summed E-state index contributed by atoms with van der Waals surface area (Å²) in [4.78, 5) is 26.7. The van der Waals surface area contributed by atoms with Gasteiger partial charge < -0.3 is 9.47 Å². The molecule has 3 aromatic carbocycles. The molecule has 34 heavy (non-hydrogen) atoms. The molecule has 174 valence electrons. The quantitative estimate of drug-likeness (QED) is 0.267. The summed E-state index contributed by atoms with van der Waals surface area (Å²) in [6.07, 6.45) is 1.64. The number of imide groups is 1. The highest BCUT2D eigenvalue weighted by molar-refractivity contribution is 9.10. The summed E-state index contributed by atoms with van der Waals surface area (Å²) in [7, 11) is 1.54. The first-order valence-corrected chi connectivity index (χ1v) is 12.5. The van der Waals surface area contributed by atoms with Gasteiger partial charge in [0.2, 0.25) is 0 Å². The Kier molecular flexibility index (Phi) is 7.75. The zero-order valence-corrected chi connectivity index (χ0v) is 21.9. The summed E-state index contributed by atoms with van der Waals surface area (Å²) in [5.41, 5.74) is 2.34. The average molecular weight is 607 g/mol. The van der Waals surface area contributed by atoms with Crippen LogP contribution < -0.4 is 9.47 Å². The van der Waals surface area contributed by atoms with Crippen molar-refractivity contribution in [1.29, 1.82) is 0 Å². The van der Waals surface area contributed by atoms with Gasteiger partial charge in [-0.2, -0.15) is 0 Å². The Hall–Kier alpha value is -2.62. The molecule has 1 aliphatic rings. The van der Waals surface area contributed by atoms with Crippen LogP contribution in [0.25, 0.3) is 6.08 Å². The molecule has 0 atom stereocenters. The molecule has 1 heterocycles. The Morgan fingerprint density at radius 2 is 1.68 bits per heavy atom. The molecule has 0 aliphatic carbocycles. The molecular weight excluding hydrogens is 589 g/mol. The SMILES string of the molecule is COc1cc(/C=C2/SC(=O)N(Cc3ccc(F)cc3)C2=O)cc(Br)c1OCc1ccc(Br)cc1. The minimum absolute atomic E-state index is 0.0815. The minimum Gasteiger partial charge on any atom is -0.493 e. The maximum absolute atomic E-state index is 13.1. The molecule has 0 unspecified atom stereocenters. The van der Waals surface area contributed by atoms with Crippen molar-refractivity contribution in [1.82, 2.24) is 4.90 Å². The van der Waals surface area contributed by atoms with Gasteiger partial charge in [0.05, 0.1) is 23.0 Å². The lowest BCUT2D eigenvalue weighted by Crippen LogP contribution is -2.27. The number of methoxy groups -OCH3 is 1. The van der Waals surface area contributed by atoms with Crippen molar-refractivity contribution in [2.24, 2.45) is 0 Å². The molecule has 1 fully saturated rings. The van der Waals surface area contributed by atoms with Gasteiger partial charge in [0.1, 0.15) is 12.4 Å². The van der Waals surface area contributed by atoms with Gasteiger partial charge in [-0.25, -0.2) is 4.39 Å². The van der Waals surface area contributed by atoms with Crippen molar-refractivity contribution < 1.29 is 23.5 Å². The van der Waals surface area contributed by atoms with Crippen molar-refractivity contribution in [3.05, 3.63) is 97.0 Å². The van der Waals surface area contributed by atoms with E-state index in [9.17, 15) is 14.0 Å². The third-order valence-corrected chi connectivity index (χ3v) is 7.00. The number of ether oxygens (including phenoxy) is 2. The molecule has 0 aromatic heterocycles. The average Bonchev–Trinajstić information content (AvgIpc) is 3.07. The second kappa shape index (κ2) is 10.8. The fourth-order valence-corrected chi connectivity index (χ4v) is 4.94. The van der Waals surface area contributed by atoms with E-state index in [-0.39, 0.29) is 17.6 Å². The molecule has 0 saturated carbocycles. The predicted octanol–water partition coefficient (Wildman–Crippen LogP) is 7.17. The highest BCUT2D eigenvalue weighted by atomic mass is 79.9. The van der Waals surface area contributed by atoms with Crippen LogP contribution in [0.1, 0.15) is 16.7 Å². The highest BCUT2D eigenvalue weighted by Crippen LogP contribution is 2.39. The minimum atomic E-state index is -0.398. The second-order valence-corrected chi connectivity index (χ2v) is 10.1. The van der Waals surface area contributed by atoms with Gasteiger partial charge >= 0.3 is 0 Å². The molecular formula is C25H18Br2FNO4S. The number of rotatable bonds is 7. The van der Waals surface area contributed by atoms with E-state index in [2.05, 4.69) is 31.9 Å². The topological polar surface area (TPSA) is 55.8 Å². The predicted molar refractivity (Wildman–Crippen MR) is 137 cm³/mol. The number of thioether (sulfide) groups is 1. The lowest BCUT2D eigenvalue weighted by molar-refractivity contribution is -0.123. The summed E-state index contributed by atoms with van der Waals surface area (Å²) in [6.45, 7) is 0.433. The van der Waals surface area contributed by atoms with Gasteiger partial charge in [-0.1, -0.05) is 40.2 Å². The van der Waals surface area contributed by atoms with Crippen molar-refractivity contribution in [2.75, 3.05) is 7.11 Å². The Labute approximate surface area is 217 Å². The number of hydrogen-bond donors (Lipinski definition) is 0. The van der Waals surface area contributed by atoms with Crippen LogP contribution in [0.5, 0.6) is 11.5 Å². The first-order chi connectivity index (χ1) is 16.3. The van der Waals surface area contributed by atoms with E-state index in [1.807, 2.05) is 24.3 Å². The molecule has 3 aromatic rings. The molecule has 1 aliphatic heterocycles. The van der Waals surface area contributed by atoms with E-state index >= 15 is 0 Å². The van der Waals surface area contributed by atoms with Crippen molar-refractivity contribution in [3.63, 3.8) is 0 Å². The summed E-state index contributed by atoms with van der Waals surface area (Å²) in [5.74, 6) is 0.252. The van der Waals surface area contributed by atoms with Gasteiger partial charge in [0.15, 0.2) is 11.5 Å². The van der Waals surface area contributed by atoms with Crippen LogP contribution in [-0.2, 0) is 17.9 Å². The fourth-order valence-electron chi connectivity index (χ4n) is 3.26. The van der Waals surface area contributed by atoms with Gasteiger partial charge in [0, 0.05) is 4.47 Å². The zero-order valence-electron chi connectivity index (χ0n) is 17.9. The van der Waals surface area contributed by atoms with E-state index in [0.717, 1.165) is 26.7 Å². The van der Waals surface area contributed by atoms with Crippen LogP contribution in [0.15, 0.2) is 74.5 Å². The number of amides is 2. The smallest absolute Gasteiger partial charge is 0.293 e. The van der Waals surface area contributed by atoms with Gasteiger partial charge in [-0.05, 0) is 86.9 Å². The van der Waals surface area contributed by atoms with Gasteiger partial charge in [-0.15, -0.1) is 0 Å². The third-order valence-electron chi connectivity index (χ3n) is 4.97. The van der Waals surface area contributed by atoms with Crippen molar-refractivity contribution in [2.45, 2.75) is 13.2 Å². The number of nitrogens with zero attached hydrogens (tertiary/aromatic N) is 1. The van der Waals surface area contributed by atoms with E-state index in [1.165, 1.54) is 19.2 Å². The highest BCUT2D eigenvalue weighted by Gasteiger charge is 2.35. The molecule has 0 bridgehead atoms. The largest absolute Gasteiger partial charge is 0.493 e. The molecule has 2 amide bonds. The van der Waals surface area contributed by atoms with Crippen LogP contribution in [0.2, 0.25) is 0 Å². The lowest BCUT2D eigenvalue weighted by Gasteiger charge is -2.14.